The van der Waals surface area contributed by atoms with Crippen LogP contribution >= 0.6 is 0 Å². The normalized spacial score (nSPS) is 11.1. The smallest absolute Gasteiger partial charge is 0.304 e. The summed E-state index contributed by atoms with van der Waals surface area (Å²) in [5.74, 6) is 0. The van der Waals surface area contributed by atoms with Crippen molar-refractivity contribution in [2.45, 2.75) is 6.18 Å². The topological polar surface area (TPSA) is 84.8 Å². The highest BCUT2D eigenvalue weighted by Gasteiger charge is 2.35. The Balaban J connectivity index is 2.64. The van der Waals surface area contributed by atoms with Gasteiger partial charge in [0.05, 0.1) is 16.2 Å². The SMILES string of the molecule is N#Cc1cn(-c2ccc([N+](=O)[O-])cc2C(F)(F)F)cn1. The van der Waals surface area contributed by atoms with Crippen molar-refractivity contribution < 1.29 is 18.1 Å². The molecule has 0 spiro atoms. The average Bonchev–Trinajstić information content (AvgIpc) is 2.85. The minimum Gasteiger partial charge on any atom is -0.304 e. The van der Waals surface area contributed by atoms with E-state index >= 15 is 0 Å². The van der Waals surface area contributed by atoms with E-state index in [2.05, 4.69) is 4.98 Å². The van der Waals surface area contributed by atoms with Crippen LogP contribution in [0.2, 0.25) is 0 Å². The number of nitriles is 1. The largest absolute Gasteiger partial charge is 0.418 e. The Morgan fingerprint density at radius 2 is 2.10 bits per heavy atom. The quantitative estimate of drug-likeness (QED) is 0.626. The molecule has 0 radical (unpaired) electrons. The van der Waals surface area contributed by atoms with Crippen molar-refractivity contribution >= 4 is 5.69 Å². The maximum Gasteiger partial charge on any atom is 0.418 e. The third-order valence-electron chi connectivity index (χ3n) is 2.47. The first-order valence-corrected chi connectivity index (χ1v) is 5.13. The summed E-state index contributed by atoms with van der Waals surface area (Å²) in [6, 6.07) is 4.05. The van der Waals surface area contributed by atoms with E-state index < -0.39 is 22.4 Å². The van der Waals surface area contributed by atoms with Crippen LogP contribution in [-0.2, 0) is 6.18 Å². The highest BCUT2D eigenvalue weighted by molar-refractivity contribution is 5.50. The number of rotatable bonds is 2. The van der Waals surface area contributed by atoms with Crippen molar-refractivity contribution in [3.63, 3.8) is 0 Å². The summed E-state index contributed by atoms with van der Waals surface area (Å²) in [5, 5.41) is 19.2. The second kappa shape index (κ2) is 4.65. The third-order valence-corrected chi connectivity index (χ3v) is 2.47. The van der Waals surface area contributed by atoms with E-state index in [4.69, 9.17) is 5.26 Å². The van der Waals surface area contributed by atoms with Gasteiger partial charge in [-0.15, -0.1) is 0 Å². The molecule has 1 heterocycles. The molecule has 0 unspecified atom stereocenters. The fourth-order valence-corrected chi connectivity index (χ4v) is 1.60. The molecule has 0 amide bonds. The Hall–Kier alpha value is -2.89. The highest BCUT2D eigenvalue weighted by atomic mass is 19.4. The fourth-order valence-electron chi connectivity index (χ4n) is 1.60. The first-order chi connectivity index (χ1) is 9.32. The predicted octanol–water partition coefficient (Wildman–Crippen LogP) is 2.67. The van der Waals surface area contributed by atoms with Gasteiger partial charge in [-0.1, -0.05) is 0 Å². The van der Waals surface area contributed by atoms with Crippen molar-refractivity contribution in [1.82, 2.24) is 9.55 Å². The predicted molar refractivity (Wildman–Crippen MR) is 59.9 cm³/mol. The standard InChI is InChI=1S/C11H5F3N4O2/c12-11(13,14)9-3-8(18(19)20)1-2-10(9)17-5-7(4-15)16-6-17/h1-3,5-6H. The lowest BCUT2D eigenvalue weighted by Gasteiger charge is -2.12. The molecule has 2 rings (SSSR count). The summed E-state index contributed by atoms with van der Waals surface area (Å²) >= 11 is 0. The number of halogens is 3. The van der Waals surface area contributed by atoms with Crippen LogP contribution in [0.25, 0.3) is 5.69 Å². The Kier molecular flexibility index (Phi) is 3.15. The number of imidazole rings is 1. The molecule has 20 heavy (non-hydrogen) atoms. The van der Waals surface area contributed by atoms with Crippen LogP contribution in [0.4, 0.5) is 18.9 Å². The van der Waals surface area contributed by atoms with Gasteiger partial charge < -0.3 is 4.57 Å². The second-order valence-electron chi connectivity index (χ2n) is 3.73. The van der Waals surface area contributed by atoms with Crippen molar-refractivity contribution in [2.75, 3.05) is 0 Å². The van der Waals surface area contributed by atoms with E-state index in [0.717, 1.165) is 29.2 Å². The molecule has 1 aromatic carbocycles. The Morgan fingerprint density at radius 1 is 1.40 bits per heavy atom. The van der Waals surface area contributed by atoms with Crippen LogP contribution in [0.3, 0.4) is 0 Å². The van der Waals surface area contributed by atoms with Gasteiger partial charge in [0, 0.05) is 18.3 Å². The summed E-state index contributed by atoms with van der Waals surface area (Å²) < 4.78 is 39.8. The first kappa shape index (κ1) is 13.5. The minimum absolute atomic E-state index is 0.0588. The average molecular weight is 282 g/mol. The third kappa shape index (κ3) is 2.44. The number of alkyl halides is 3. The minimum atomic E-state index is -4.77. The summed E-state index contributed by atoms with van der Waals surface area (Å²) in [6.07, 6.45) is -2.62. The van der Waals surface area contributed by atoms with Crippen molar-refractivity contribution in [3.8, 4) is 11.8 Å². The van der Waals surface area contributed by atoms with Gasteiger partial charge in [-0.25, -0.2) is 4.98 Å². The molecule has 102 valence electrons. The number of benzene rings is 1. The molecule has 0 bridgehead atoms. The zero-order chi connectivity index (χ0) is 14.9. The van der Waals surface area contributed by atoms with Crippen molar-refractivity contribution in [3.05, 3.63) is 52.1 Å². The van der Waals surface area contributed by atoms with Crippen LogP contribution in [0.15, 0.2) is 30.7 Å². The number of hydrogen-bond donors (Lipinski definition) is 0. The second-order valence-corrected chi connectivity index (χ2v) is 3.73. The van der Waals surface area contributed by atoms with Gasteiger partial charge in [-0.05, 0) is 6.07 Å². The van der Waals surface area contributed by atoms with E-state index in [0.29, 0.717) is 6.07 Å². The molecule has 0 N–H and O–H groups in total. The van der Waals surface area contributed by atoms with E-state index in [1.807, 2.05) is 0 Å². The molecular formula is C11H5F3N4O2. The molecule has 0 aliphatic heterocycles. The zero-order valence-electron chi connectivity index (χ0n) is 9.63. The van der Waals surface area contributed by atoms with Crippen LogP contribution in [0.1, 0.15) is 11.3 Å². The summed E-state index contributed by atoms with van der Waals surface area (Å²) in [4.78, 5) is 13.2. The summed E-state index contributed by atoms with van der Waals surface area (Å²) in [6.45, 7) is 0. The molecule has 1 aromatic heterocycles. The van der Waals surface area contributed by atoms with Gasteiger partial charge in [-0.2, -0.15) is 18.4 Å². The van der Waals surface area contributed by atoms with E-state index in [-0.39, 0.29) is 11.4 Å². The van der Waals surface area contributed by atoms with Gasteiger partial charge in [0.15, 0.2) is 5.69 Å². The zero-order valence-corrected chi connectivity index (χ0v) is 9.63. The molecular weight excluding hydrogens is 277 g/mol. The molecule has 0 saturated heterocycles. The maximum atomic E-state index is 12.9. The van der Waals surface area contributed by atoms with E-state index in [1.165, 1.54) is 0 Å². The van der Waals surface area contributed by atoms with Crippen molar-refractivity contribution in [2.24, 2.45) is 0 Å². The summed E-state index contributed by atoms with van der Waals surface area (Å²) in [5.41, 5.74) is -2.23. The molecule has 2 aromatic rings. The van der Waals surface area contributed by atoms with Crippen molar-refractivity contribution in [1.29, 1.82) is 5.26 Å². The first-order valence-electron chi connectivity index (χ1n) is 5.13. The van der Waals surface area contributed by atoms with Crippen LogP contribution in [0.5, 0.6) is 0 Å². The molecule has 6 nitrogen and oxygen atoms in total. The Labute approximate surface area is 109 Å². The van der Waals surface area contributed by atoms with Gasteiger partial charge in [-0.3, -0.25) is 10.1 Å². The fraction of sp³-hybridized carbons (Fsp3) is 0.0909. The Morgan fingerprint density at radius 3 is 2.60 bits per heavy atom. The number of nitro groups is 1. The van der Waals surface area contributed by atoms with Gasteiger partial charge in [0.25, 0.3) is 5.69 Å². The van der Waals surface area contributed by atoms with E-state index in [1.54, 1.807) is 6.07 Å². The molecule has 0 saturated carbocycles. The molecule has 0 fully saturated rings. The lowest BCUT2D eigenvalue weighted by Crippen LogP contribution is -2.10. The number of nitrogens with zero attached hydrogens (tertiary/aromatic N) is 4. The molecule has 0 atom stereocenters. The maximum absolute atomic E-state index is 12.9. The monoisotopic (exact) mass is 282 g/mol. The van der Waals surface area contributed by atoms with Gasteiger partial charge in [0.2, 0.25) is 0 Å². The number of aromatic nitrogens is 2. The summed E-state index contributed by atoms with van der Waals surface area (Å²) in [7, 11) is 0. The van der Waals surface area contributed by atoms with Gasteiger partial charge >= 0.3 is 6.18 Å². The van der Waals surface area contributed by atoms with Crippen LogP contribution in [0, 0.1) is 21.4 Å². The van der Waals surface area contributed by atoms with Crippen LogP contribution < -0.4 is 0 Å². The lowest BCUT2D eigenvalue weighted by atomic mass is 10.1. The molecule has 9 heteroatoms. The number of nitro benzene ring substituents is 1. The van der Waals surface area contributed by atoms with E-state index in [9.17, 15) is 23.3 Å². The lowest BCUT2D eigenvalue weighted by molar-refractivity contribution is -0.385. The highest BCUT2D eigenvalue weighted by Crippen LogP contribution is 2.36. The van der Waals surface area contributed by atoms with Crippen LogP contribution in [-0.4, -0.2) is 14.5 Å². The molecule has 0 aliphatic carbocycles. The van der Waals surface area contributed by atoms with Gasteiger partial charge in [0.1, 0.15) is 12.4 Å². The number of non-ortho nitro benzene ring substituents is 1. The molecule has 0 aliphatic rings. The number of hydrogen-bond acceptors (Lipinski definition) is 4. The Bertz CT molecular complexity index is 715.